The third-order valence-corrected chi connectivity index (χ3v) is 7.63. The highest BCUT2D eigenvalue weighted by atomic mass is 16.5. The van der Waals surface area contributed by atoms with E-state index in [-0.39, 0.29) is 17.5 Å². The molecule has 1 unspecified atom stereocenters. The Balaban J connectivity index is 1.48. The summed E-state index contributed by atoms with van der Waals surface area (Å²) in [5.41, 5.74) is 1.37. The van der Waals surface area contributed by atoms with E-state index in [2.05, 4.69) is 5.32 Å². The van der Waals surface area contributed by atoms with Crippen molar-refractivity contribution in [3.63, 3.8) is 0 Å². The Bertz CT molecular complexity index is 988. The largest absolute Gasteiger partial charge is 0.493 e. The molecule has 4 rings (SSSR count). The van der Waals surface area contributed by atoms with Gasteiger partial charge in [0.2, 0.25) is 5.91 Å². The van der Waals surface area contributed by atoms with Crippen LogP contribution in [0.2, 0.25) is 0 Å². The molecule has 1 atom stereocenters. The SMILES string of the molecule is CC(NC(=O)C1(c2cccc(OCC3CCCCCC3)c2)CCOCC1)c1ccc(C(=O)O)cc1. The summed E-state index contributed by atoms with van der Waals surface area (Å²) in [5.74, 6) is 0.435. The van der Waals surface area contributed by atoms with E-state index in [1.807, 2.05) is 31.2 Å². The summed E-state index contributed by atoms with van der Waals surface area (Å²) in [6.07, 6.45) is 8.90. The predicted octanol–water partition coefficient (Wildman–Crippen LogP) is 5.66. The lowest BCUT2D eigenvalue weighted by Gasteiger charge is -2.37. The number of aromatic carboxylic acids is 1. The molecule has 188 valence electrons. The first-order valence-corrected chi connectivity index (χ1v) is 12.9. The Morgan fingerprint density at radius 1 is 1.06 bits per heavy atom. The summed E-state index contributed by atoms with van der Waals surface area (Å²) in [6.45, 7) is 3.71. The third-order valence-electron chi connectivity index (χ3n) is 7.63. The van der Waals surface area contributed by atoms with Crippen LogP contribution >= 0.6 is 0 Å². The lowest BCUT2D eigenvalue weighted by atomic mass is 9.73. The van der Waals surface area contributed by atoms with Crippen LogP contribution in [0, 0.1) is 5.92 Å². The predicted molar refractivity (Wildman–Crippen MR) is 135 cm³/mol. The van der Waals surface area contributed by atoms with Crippen molar-refractivity contribution in [2.24, 2.45) is 5.92 Å². The van der Waals surface area contributed by atoms with Gasteiger partial charge in [-0.25, -0.2) is 4.79 Å². The number of ether oxygens (including phenoxy) is 2. The molecule has 2 aromatic carbocycles. The van der Waals surface area contributed by atoms with Crippen molar-refractivity contribution in [2.75, 3.05) is 19.8 Å². The number of benzene rings is 2. The molecule has 0 spiro atoms. The summed E-state index contributed by atoms with van der Waals surface area (Å²) in [6, 6.07) is 14.4. The van der Waals surface area contributed by atoms with Crippen molar-refractivity contribution >= 4 is 11.9 Å². The zero-order chi connectivity index (χ0) is 24.7. The summed E-state index contributed by atoms with van der Waals surface area (Å²) in [5, 5.41) is 12.3. The van der Waals surface area contributed by atoms with Crippen LogP contribution in [0.1, 0.15) is 85.8 Å². The quantitative estimate of drug-likeness (QED) is 0.477. The first kappa shape index (κ1) is 25.2. The second kappa shape index (κ2) is 11.7. The molecule has 2 aliphatic rings. The lowest BCUT2D eigenvalue weighted by Crippen LogP contribution is -2.48. The van der Waals surface area contributed by atoms with Crippen molar-refractivity contribution in [1.82, 2.24) is 5.32 Å². The van der Waals surface area contributed by atoms with Crippen molar-refractivity contribution in [3.05, 3.63) is 65.2 Å². The van der Waals surface area contributed by atoms with E-state index in [0.29, 0.717) is 32.0 Å². The van der Waals surface area contributed by atoms with Gasteiger partial charge in [-0.1, -0.05) is 49.9 Å². The Hall–Kier alpha value is -2.86. The highest BCUT2D eigenvalue weighted by Crippen LogP contribution is 2.37. The molecule has 1 amide bonds. The Kier molecular flexibility index (Phi) is 8.45. The maximum absolute atomic E-state index is 13.7. The van der Waals surface area contributed by atoms with Gasteiger partial charge in [0, 0.05) is 13.2 Å². The molecule has 1 heterocycles. The Morgan fingerprint density at radius 2 is 1.74 bits per heavy atom. The second-order valence-corrected chi connectivity index (χ2v) is 10.0. The van der Waals surface area contributed by atoms with Gasteiger partial charge in [0.15, 0.2) is 0 Å². The van der Waals surface area contributed by atoms with Crippen LogP contribution in [0.4, 0.5) is 0 Å². The molecule has 6 nitrogen and oxygen atoms in total. The van der Waals surface area contributed by atoms with Crippen LogP contribution in [0.3, 0.4) is 0 Å². The number of hydrogen-bond donors (Lipinski definition) is 2. The lowest BCUT2D eigenvalue weighted by molar-refractivity contribution is -0.131. The molecule has 1 saturated carbocycles. The standard InChI is InChI=1S/C29H37NO5/c1-21(23-11-13-24(14-12-23)27(31)32)30-28(33)29(15-17-34-18-16-29)25-9-6-10-26(19-25)35-20-22-7-4-2-3-5-8-22/h6,9-14,19,21-22H,2-5,7-8,15-18,20H2,1H3,(H,30,33)(H,31,32). The minimum atomic E-state index is -0.962. The molecule has 2 fully saturated rings. The molecule has 6 heteroatoms. The van der Waals surface area contributed by atoms with E-state index in [1.165, 1.54) is 38.5 Å². The maximum Gasteiger partial charge on any atom is 0.335 e. The van der Waals surface area contributed by atoms with Gasteiger partial charge in [-0.15, -0.1) is 0 Å². The van der Waals surface area contributed by atoms with Crippen LogP contribution in [-0.2, 0) is 14.9 Å². The number of rotatable bonds is 8. The van der Waals surface area contributed by atoms with Gasteiger partial charge in [-0.3, -0.25) is 4.79 Å². The zero-order valence-corrected chi connectivity index (χ0v) is 20.6. The van der Waals surface area contributed by atoms with Gasteiger partial charge in [-0.05, 0) is 73.9 Å². The number of carboxylic acid groups (broad SMARTS) is 1. The van der Waals surface area contributed by atoms with Crippen molar-refractivity contribution < 1.29 is 24.2 Å². The molecule has 1 aliphatic heterocycles. The van der Waals surface area contributed by atoms with Gasteiger partial charge >= 0.3 is 5.97 Å². The normalized spacial score (nSPS) is 19.3. The van der Waals surface area contributed by atoms with E-state index < -0.39 is 11.4 Å². The fourth-order valence-corrected chi connectivity index (χ4v) is 5.33. The maximum atomic E-state index is 13.7. The number of carbonyl (C=O) groups is 2. The zero-order valence-electron chi connectivity index (χ0n) is 20.6. The highest BCUT2D eigenvalue weighted by Gasteiger charge is 2.42. The van der Waals surface area contributed by atoms with Gasteiger partial charge < -0.3 is 19.9 Å². The molecular formula is C29H37NO5. The van der Waals surface area contributed by atoms with Gasteiger partial charge in [0.1, 0.15) is 5.75 Å². The molecule has 0 bridgehead atoms. The first-order valence-electron chi connectivity index (χ1n) is 12.9. The van der Waals surface area contributed by atoms with Gasteiger partial charge in [0.25, 0.3) is 0 Å². The summed E-state index contributed by atoms with van der Waals surface area (Å²) in [4.78, 5) is 24.9. The highest BCUT2D eigenvalue weighted by molar-refractivity contribution is 5.89. The fraction of sp³-hybridized carbons (Fsp3) is 0.517. The fourth-order valence-electron chi connectivity index (χ4n) is 5.33. The van der Waals surface area contributed by atoms with Crippen LogP contribution in [-0.4, -0.2) is 36.8 Å². The minimum absolute atomic E-state index is 0.0310. The van der Waals surface area contributed by atoms with E-state index in [4.69, 9.17) is 14.6 Å². The average molecular weight is 480 g/mol. The molecular weight excluding hydrogens is 442 g/mol. The number of amides is 1. The summed E-state index contributed by atoms with van der Waals surface area (Å²) >= 11 is 0. The molecule has 0 aromatic heterocycles. The number of carboxylic acids is 1. The molecule has 1 saturated heterocycles. The van der Waals surface area contributed by atoms with Crippen LogP contribution in [0.15, 0.2) is 48.5 Å². The van der Waals surface area contributed by atoms with Crippen LogP contribution in [0.5, 0.6) is 5.75 Å². The minimum Gasteiger partial charge on any atom is -0.493 e. The number of hydrogen-bond acceptors (Lipinski definition) is 4. The van der Waals surface area contributed by atoms with Crippen molar-refractivity contribution in [1.29, 1.82) is 0 Å². The summed E-state index contributed by atoms with van der Waals surface area (Å²) in [7, 11) is 0. The Labute approximate surface area is 208 Å². The van der Waals surface area contributed by atoms with Crippen LogP contribution in [0.25, 0.3) is 0 Å². The van der Waals surface area contributed by atoms with Crippen LogP contribution < -0.4 is 10.1 Å². The van der Waals surface area contributed by atoms with Crippen molar-refractivity contribution in [3.8, 4) is 5.75 Å². The topological polar surface area (TPSA) is 84.9 Å². The average Bonchev–Trinajstić information content (AvgIpc) is 3.17. The summed E-state index contributed by atoms with van der Waals surface area (Å²) < 4.78 is 11.9. The van der Waals surface area contributed by atoms with E-state index in [1.54, 1.807) is 24.3 Å². The number of carbonyl (C=O) groups excluding carboxylic acids is 1. The van der Waals surface area contributed by atoms with E-state index >= 15 is 0 Å². The Morgan fingerprint density at radius 3 is 2.40 bits per heavy atom. The van der Waals surface area contributed by atoms with E-state index in [0.717, 1.165) is 23.5 Å². The van der Waals surface area contributed by atoms with E-state index in [9.17, 15) is 9.59 Å². The molecule has 35 heavy (non-hydrogen) atoms. The molecule has 1 aliphatic carbocycles. The molecule has 2 aromatic rings. The second-order valence-electron chi connectivity index (χ2n) is 10.0. The third kappa shape index (κ3) is 6.23. The van der Waals surface area contributed by atoms with Gasteiger partial charge in [0.05, 0.1) is 23.6 Å². The van der Waals surface area contributed by atoms with Crippen molar-refractivity contribution in [2.45, 2.75) is 69.7 Å². The first-order chi connectivity index (χ1) is 17.0. The smallest absolute Gasteiger partial charge is 0.335 e. The number of nitrogens with one attached hydrogen (secondary N) is 1. The molecule has 2 N–H and O–H groups in total. The van der Waals surface area contributed by atoms with Gasteiger partial charge in [-0.2, -0.15) is 0 Å². The monoisotopic (exact) mass is 479 g/mol. The molecule has 0 radical (unpaired) electrons.